The smallest absolute Gasteiger partial charge is 0.306 e. The first-order valence-electron chi connectivity index (χ1n) is 23.4. The van der Waals surface area contributed by atoms with Crippen LogP contribution in [0.1, 0.15) is 226 Å². The minimum atomic E-state index is -3.60. The first-order chi connectivity index (χ1) is 27.1. The summed E-state index contributed by atoms with van der Waals surface area (Å²) in [7, 11) is -3.60. The first kappa shape index (κ1) is 55.5. The van der Waals surface area contributed by atoms with Gasteiger partial charge < -0.3 is 14.4 Å². The molecule has 0 aliphatic rings. The summed E-state index contributed by atoms with van der Waals surface area (Å²) in [6, 6.07) is 0. The van der Waals surface area contributed by atoms with Gasteiger partial charge in [0.2, 0.25) is 10.0 Å². The summed E-state index contributed by atoms with van der Waals surface area (Å²) in [4.78, 5) is 27.2. The Morgan fingerprint density at radius 1 is 0.536 bits per heavy atom. The van der Waals surface area contributed by atoms with E-state index in [0.29, 0.717) is 30.3 Å². The third-order valence-electron chi connectivity index (χ3n) is 10.8. The Morgan fingerprint density at radius 3 is 1.45 bits per heavy atom. The fourth-order valence-corrected chi connectivity index (χ4v) is 8.17. The average molecular weight is 929 g/mol. The lowest BCUT2D eigenvalue weighted by molar-refractivity contribution is -0.150. The van der Waals surface area contributed by atoms with Crippen molar-refractivity contribution in [3.05, 3.63) is 0 Å². The van der Waals surface area contributed by atoms with E-state index in [0.717, 1.165) is 129 Å². The Bertz CT molecular complexity index is 972. The zero-order valence-electron chi connectivity index (χ0n) is 36.7. The maximum atomic E-state index is 12.8. The number of rotatable bonds is 44. The van der Waals surface area contributed by atoms with Gasteiger partial charge in [0.1, 0.15) is 6.10 Å². The van der Waals surface area contributed by atoms with Crippen LogP contribution in [0.3, 0.4) is 0 Å². The second-order valence-corrected chi connectivity index (χ2v) is 19.3. The van der Waals surface area contributed by atoms with Crippen LogP contribution >= 0.6 is 22.6 Å². The van der Waals surface area contributed by atoms with E-state index in [1.54, 1.807) is 0 Å². The highest BCUT2D eigenvalue weighted by molar-refractivity contribution is 14.1. The van der Waals surface area contributed by atoms with Crippen LogP contribution in [0.25, 0.3) is 0 Å². The van der Waals surface area contributed by atoms with Crippen LogP contribution < -0.4 is 0 Å². The molecule has 1 N–H and O–H groups in total. The normalized spacial score (nSPS) is 12.5. The molecule has 0 aromatic rings. The van der Waals surface area contributed by atoms with Crippen LogP contribution in [0.4, 0.5) is 0 Å². The number of hydrogen-bond donors (Lipinski definition) is 1. The Kier molecular flexibility index (Phi) is 40.9. The van der Waals surface area contributed by atoms with Crippen molar-refractivity contribution in [1.29, 1.82) is 0 Å². The van der Waals surface area contributed by atoms with E-state index in [2.05, 4.69) is 41.3 Å². The molecule has 1 atom stereocenters. The van der Waals surface area contributed by atoms with Gasteiger partial charge in [0.15, 0.2) is 0 Å². The number of ether oxygens (including phenoxy) is 2. The van der Waals surface area contributed by atoms with Crippen molar-refractivity contribution in [2.45, 2.75) is 232 Å². The second kappa shape index (κ2) is 41.2. The third kappa shape index (κ3) is 39.0. The number of halogens is 1. The highest BCUT2D eigenvalue weighted by Gasteiger charge is 2.16. The van der Waals surface area contributed by atoms with Crippen molar-refractivity contribution in [3.8, 4) is 0 Å². The lowest BCUT2D eigenvalue weighted by Gasteiger charge is -2.23. The standard InChI is InChI=1S/C45H89IN2O7S/c1-4-6-8-10-12-23-31-42-54-44(49)35-26-18-14-21-29-38-47(40-32-41-48(51)56(3,52)53)39-30-22-15-19-27-36-45(50)55-43(33-24-16-11-9-7-5-2)34-25-17-13-20-28-37-46/h43,51H,4-42H2,1-3H3. The molecule has 0 fully saturated rings. The average Bonchev–Trinajstić information content (AvgIpc) is 3.16. The zero-order valence-corrected chi connectivity index (χ0v) is 39.7. The molecule has 56 heavy (non-hydrogen) atoms. The predicted octanol–water partition coefficient (Wildman–Crippen LogP) is 12.7. The summed E-state index contributed by atoms with van der Waals surface area (Å²) in [6.07, 6.45) is 37.3. The molecule has 0 heterocycles. The first-order valence-corrected chi connectivity index (χ1v) is 26.8. The van der Waals surface area contributed by atoms with Gasteiger partial charge in [0, 0.05) is 19.4 Å². The molecule has 0 aliphatic carbocycles. The summed E-state index contributed by atoms with van der Waals surface area (Å²) in [5, 5.41) is 9.84. The number of alkyl halides is 1. The van der Waals surface area contributed by atoms with Gasteiger partial charge in [0.25, 0.3) is 0 Å². The molecule has 0 spiro atoms. The molecule has 0 bridgehead atoms. The van der Waals surface area contributed by atoms with Crippen molar-refractivity contribution >= 4 is 44.6 Å². The van der Waals surface area contributed by atoms with Gasteiger partial charge in [0.05, 0.1) is 12.9 Å². The summed E-state index contributed by atoms with van der Waals surface area (Å²) in [5.74, 6) is -0.0944. The van der Waals surface area contributed by atoms with Crippen molar-refractivity contribution in [1.82, 2.24) is 9.37 Å². The molecule has 0 amide bonds. The lowest BCUT2D eigenvalue weighted by Crippen LogP contribution is -2.32. The Balaban J connectivity index is 4.39. The number of unbranched alkanes of at least 4 members (excludes halogenated alkanes) is 23. The monoisotopic (exact) mass is 929 g/mol. The summed E-state index contributed by atoms with van der Waals surface area (Å²) in [6.45, 7) is 7.74. The maximum Gasteiger partial charge on any atom is 0.306 e. The number of hydroxylamine groups is 1. The molecule has 0 aromatic carbocycles. The molecule has 0 radical (unpaired) electrons. The molecule has 0 saturated heterocycles. The van der Waals surface area contributed by atoms with Gasteiger partial charge in [-0.2, -0.15) is 0 Å². The van der Waals surface area contributed by atoms with E-state index in [4.69, 9.17) is 9.47 Å². The Hall–Kier alpha value is -0.500. The molecule has 9 nitrogen and oxygen atoms in total. The van der Waals surface area contributed by atoms with E-state index >= 15 is 0 Å². The van der Waals surface area contributed by atoms with Crippen LogP contribution in [-0.2, 0) is 29.1 Å². The molecular weight excluding hydrogens is 839 g/mol. The highest BCUT2D eigenvalue weighted by Crippen LogP contribution is 2.19. The van der Waals surface area contributed by atoms with Gasteiger partial charge in [-0.25, -0.2) is 8.42 Å². The largest absolute Gasteiger partial charge is 0.466 e. The van der Waals surface area contributed by atoms with E-state index in [1.165, 1.54) is 94.3 Å². The molecule has 1 unspecified atom stereocenters. The second-order valence-electron chi connectivity index (χ2n) is 16.3. The SMILES string of the molecule is CCCCCCCCCOC(=O)CCCCCCCN(CCCCCCCC(=O)OC(CCCCCCCC)CCCCCCCI)CCCN(O)S(C)(=O)=O. The number of esters is 2. The Morgan fingerprint density at radius 2 is 0.946 bits per heavy atom. The quantitative estimate of drug-likeness (QED) is 0.0211. The summed E-state index contributed by atoms with van der Waals surface area (Å²) < 4.78 is 36.4. The number of carbonyl (C=O) groups is 2. The van der Waals surface area contributed by atoms with Crippen molar-refractivity contribution < 1.29 is 32.7 Å². The van der Waals surface area contributed by atoms with E-state index < -0.39 is 10.0 Å². The minimum Gasteiger partial charge on any atom is -0.466 e. The van der Waals surface area contributed by atoms with E-state index in [1.807, 2.05) is 0 Å². The topological polar surface area (TPSA) is 113 Å². The molecule has 0 aliphatic heterocycles. The van der Waals surface area contributed by atoms with Crippen LogP contribution in [-0.4, -0.2) is 84.5 Å². The molecule has 0 saturated carbocycles. The van der Waals surface area contributed by atoms with Gasteiger partial charge in [-0.1, -0.05) is 169 Å². The maximum absolute atomic E-state index is 12.8. The molecule has 0 aromatic heterocycles. The van der Waals surface area contributed by atoms with E-state index in [9.17, 15) is 23.2 Å². The lowest BCUT2D eigenvalue weighted by atomic mass is 10.0. The van der Waals surface area contributed by atoms with Crippen molar-refractivity contribution in [3.63, 3.8) is 0 Å². The van der Waals surface area contributed by atoms with Gasteiger partial charge in [-0.05, 0) is 94.7 Å². The molecular formula is C45H89IN2O7S. The molecule has 334 valence electrons. The zero-order chi connectivity index (χ0) is 41.4. The van der Waals surface area contributed by atoms with E-state index in [-0.39, 0.29) is 24.6 Å². The van der Waals surface area contributed by atoms with Gasteiger partial charge in [-0.3, -0.25) is 14.8 Å². The van der Waals surface area contributed by atoms with Crippen LogP contribution in [0, 0.1) is 0 Å². The van der Waals surface area contributed by atoms with Crippen LogP contribution in [0.2, 0.25) is 0 Å². The fourth-order valence-electron chi connectivity index (χ4n) is 7.17. The highest BCUT2D eigenvalue weighted by atomic mass is 127. The van der Waals surface area contributed by atoms with Crippen molar-refractivity contribution in [2.24, 2.45) is 0 Å². The number of hydrogen-bond acceptors (Lipinski definition) is 8. The number of nitrogens with zero attached hydrogens (tertiary/aromatic N) is 2. The fraction of sp³-hybridized carbons (Fsp3) is 0.956. The summed E-state index contributed by atoms with van der Waals surface area (Å²) in [5.41, 5.74) is 0. The van der Waals surface area contributed by atoms with Crippen molar-refractivity contribution in [2.75, 3.05) is 43.5 Å². The predicted molar refractivity (Wildman–Crippen MR) is 243 cm³/mol. The number of sulfonamides is 1. The van der Waals surface area contributed by atoms with Gasteiger partial charge in [-0.15, -0.1) is 0 Å². The third-order valence-corrected chi connectivity index (χ3v) is 12.5. The minimum absolute atomic E-state index is 0.0252. The molecule has 11 heteroatoms. The van der Waals surface area contributed by atoms with Gasteiger partial charge >= 0.3 is 11.9 Å². The molecule has 0 rings (SSSR count). The summed E-state index contributed by atoms with van der Waals surface area (Å²) >= 11 is 2.45. The van der Waals surface area contributed by atoms with Crippen LogP contribution in [0.15, 0.2) is 0 Å². The Labute approximate surface area is 360 Å². The number of carbonyl (C=O) groups excluding carboxylic acids is 2. The van der Waals surface area contributed by atoms with Crippen LogP contribution in [0.5, 0.6) is 0 Å².